The molecule has 0 saturated carbocycles. The van der Waals surface area contributed by atoms with Crippen LogP contribution in [-0.2, 0) is 5.41 Å². The minimum absolute atomic E-state index is 0.0588. The molecule has 49 heavy (non-hydrogen) atoms. The van der Waals surface area contributed by atoms with Crippen LogP contribution < -0.4 is 4.90 Å². The molecule has 2 heteroatoms. The van der Waals surface area contributed by atoms with Crippen LogP contribution in [0, 0.1) is 17.8 Å². The number of anilines is 1. The predicted octanol–water partition coefficient (Wildman–Crippen LogP) is 12.3. The van der Waals surface area contributed by atoms with Crippen molar-refractivity contribution in [2.24, 2.45) is 17.8 Å². The van der Waals surface area contributed by atoms with Crippen molar-refractivity contribution in [2.45, 2.75) is 39.5 Å². The van der Waals surface area contributed by atoms with Crippen molar-refractivity contribution in [3.8, 4) is 16.8 Å². The number of benzene rings is 5. The molecular formula is C47H42N2. The van der Waals surface area contributed by atoms with Gasteiger partial charge in [-0.25, -0.2) is 0 Å². The van der Waals surface area contributed by atoms with Gasteiger partial charge in [-0.1, -0.05) is 125 Å². The van der Waals surface area contributed by atoms with E-state index < -0.39 is 0 Å². The Morgan fingerprint density at radius 2 is 1.41 bits per heavy atom. The SMILES string of the molecule is CC1C(N(C2=C[C@H](C)CC=C2)c2ccc(-c3ccc4c(c3)c3ccccc3n4-c3ccccc3)cc2)=CC=C2c3ccccc3C(C)(C)[C@@H]21. The van der Waals surface area contributed by atoms with Crippen LogP contribution in [0.1, 0.15) is 45.2 Å². The Morgan fingerprint density at radius 1 is 0.694 bits per heavy atom. The van der Waals surface area contributed by atoms with Crippen LogP contribution >= 0.6 is 0 Å². The summed E-state index contributed by atoms with van der Waals surface area (Å²) in [6.07, 6.45) is 13.0. The standard InChI is InChI=1S/C47H42N2/c1-31-13-12-16-37(29-31)48(43-28-26-40-38-17-8-10-19-42(38)47(3,4)46(40)32(43)2)36-24-21-33(22-25-36)34-23-27-45-41(30-34)39-18-9-11-20-44(39)49(45)35-14-6-5-7-15-35/h5-12,14-32,46H,13H2,1-4H3/t31-,32?,46-/m1/s1. The molecule has 0 fully saturated rings. The quantitative estimate of drug-likeness (QED) is 0.183. The summed E-state index contributed by atoms with van der Waals surface area (Å²) >= 11 is 0. The molecule has 0 aliphatic heterocycles. The molecule has 0 saturated heterocycles. The molecule has 0 amide bonds. The molecule has 3 atom stereocenters. The molecule has 1 aromatic heterocycles. The maximum Gasteiger partial charge on any atom is 0.0541 e. The molecule has 240 valence electrons. The van der Waals surface area contributed by atoms with E-state index in [1.165, 1.54) is 72.4 Å². The molecule has 3 aliphatic carbocycles. The van der Waals surface area contributed by atoms with E-state index >= 15 is 0 Å². The highest BCUT2D eigenvalue weighted by atomic mass is 15.2. The largest absolute Gasteiger partial charge is 0.314 e. The van der Waals surface area contributed by atoms with Crippen LogP contribution in [0.4, 0.5) is 5.69 Å². The molecule has 6 aromatic rings. The summed E-state index contributed by atoms with van der Waals surface area (Å²) < 4.78 is 2.38. The lowest BCUT2D eigenvalue weighted by molar-refractivity contribution is 0.333. The summed E-state index contributed by atoms with van der Waals surface area (Å²) in [6.45, 7) is 9.64. The van der Waals surface area contributed by atoms with Gasteiger partial charge in [0, 0.05) is 45.4 Å². The normalized spacial score (nSPS) is 20.8. The Kier molecular flexibility index (Phi) is 6.91. The number of fused-ring (bicyclic) bond motifs is 6. The average Bonchev–Trinajstić information content (AvgIpc) is 3.58. The van der Waals surface area contributed by atoms with Gasteiger partial charge in [0.15, 0.2) is 0 Å². The summed E-state index contributed by atoms with van der Waals surface area (Å²) in [7, 11) is 0. The molecule has 2 nitrogen and oxygen atoms in total. The van der Waals surface area contributed by atoms with Crippen molar-refractivity contribution >= 4 is 33.1 Å². The van der Waals surface area contributed by atoms with E-state index in [9.17, 15) is 0 Å². The highest BCUT2D eigenvalue weighted by molar-refractivity contribution is 6.10. The van der Waals surface area contributed by atoms with Gasteiger partial charge in [-0.2, -0.15) is 0 Å². The summed E-state index contributed by atoms with van der Waals surface area (Å²) in [6, 6.07) is 44.7. The van der Waals surface area contributed by atoms with Crippen LogP contribution in [-0.4, -0.2) is 4.57 Å². The zero-order valence-corrected chi connectivity index (χ0v) is 28.8. The highest BCUT2D eigenvalue weighted by Crippen LogP contribution is 2.56. The molecule has 0 bridgehead atoms. The number of hydrogen-bond donors (Lipinski definition) is 0. The lowest BCUT2D eigenvalue weighted by atomic mass is 9.68. The van der Waals surface area contributed by atoms with E-state index in [2.05, 4.69) is 189 Å². The lowest BCUT2D eigenvalue weighted by Gasteiger charge is -2.41. The molecule has 9 rings (SSSR count). The second-order valence-corrected chi connectivity index (χ2v) is 14.8. The maximum atomic E-state index is 2.53. The summed E-state index contributed by atoms with van der Waals surface area (Å²) in [5, 5.41) is 2.55. The zero-order chi connectivity index (χ0) is 33.3. The molecular weight excluding hydrogens is 593 g/mol. The second-order valence-electron chi connectivity index (χ2n) is 14.8. The first-order valence-corrected chi connectivity index (χ1v) is 17.8. The van der Waals surface area contributed by atoms with Gasteiger partial charge in [0.25, 0.3) is 0 Å². The van der Waals surface area contributed by atoms with Gasteiger partial charge < -0.3 is 9.47 Å². The fourth-order valence-corrected chi connectivity index (χ4v) is 9.11. The summed E-state index contributed by atoms with van der Waals surface area (Å²) in [5.74, 6) is 1.27. The number of hydrogen-bond acceptors (Lipinski definition) is 1. The lowest BCUT2D eigenvalue weighted by Crippen LogP contribution is -2.36. The smallest absolute Gasteiger partial charge is 0.0541 e. The van der Waals surface area contributed by atoms with E-state index in [0.717, 1.165) is 6.42 Å². The topological polar surface area (TPSA) is 8.17 Å². The second kappa shape index (κ2) is 11.4. The monoisotopic (exact) mass is 634 g/mol. The van der Waals surface area contributed by atoms with E-state index in [1.807, 2.05) is 0 Å². The minimum atomic E-state index is 0.0588. The first kappa shape index (κ1) is 29.8. The maximum absolute atomic E-state index is 2.53. The highest BCUT2D eigenvalue weighted by Gasteiger charge is 2.48. The zero-order valence-electron chi connectivity index (χ0n) is 28.8. The van der Waals surface area contributed by atoms with Crippen molar-refractivity contribution in [1.82, 2.24) is 4.57 Å². The number of allylic oxidation sites excluding steroid dienone is 7. The van der Waals surface area contributed by atoms with Crippen LogP contribution in [0.3, 0.4) is 0 Å². The van der Waals surface area contributed by atoms with Gasteiger partial charge in [0.05, 0.1) is 11.0 Å². The number of rotatable bonds is 5. The molecule has 5 aromatic carbocycles. The third kappa shape index (κ3) is 4.69. The molecule has 0 N–H and O–H groups in total. The van der Waals surface area contributed by atoms with E-state index in [4.69, 9.17) is 0 Å². The molecule has 1 heterocycles. The van der Waals surface area contributed by atoms with E-state index in [-0.39, 0.29) is 5.41 Å². The van der Waals surface area contributed by atoms with Crippen molar-refractivity contribution in [2.75, 3.05) is 4.90 Å². The predicted molar refractivity (Wildman–Crippen MR) is 208 cm³/mol. The van der Waals surface area contributed by atoms with Crippen molar-refractivity contribution < 1.29 is 0 Å². The Morgan fingerprint density at radius 3 is 2.22 bits per heavy atom. The Hall–Kier alpha value is -5.34. The van der Waals surface area contributed by atoms with Crippen LogP contribution in [0.5, 0.6) is 0 Å². The molecule has 1 unspecified atom stereocenters. The number of nitrogens with zero attached hydrogens (tertiary/aromatic N) is 2. The van der Waals surface area contributed by atoms with Gasteiger partial charge in [-0.05, 0) is 100 Å². The first-order chi connectivity index (χ1) is 23.9. The van der Waals surface area contributed by atoms with Crippen molar-refractivity contribution in [3.63, 3.8) is 0 Å². The Bertz CT molecular complexity index is 2360. The van der Waals surface area contributed by atoms with E-state index in [0.29, 0.717) is 17.8 Å². The van der Waals surface area contributed by atoms with Gasteiger partial charge in [-0.3, -0.25) is 0 Å². The van der Waals surface area contributed by atoms with Crippen LogP contribution in [0.25, 0.3) is 44.2 Å². The van der Waals surface area contributed by atoms with Crippen LogP contribution in [0.2, 0.25) is 0 Å². The van der Waals surface area contributed by atoms with Crippen molar-refractivity contribution in [1.29, 1.82) is 0 Å². The Balaban J connectivity index is 1.12. The average molecular weight is 635 g/mol. The summed E-state index contributed by atoms with van der Waals surface area (Å²) in [5.41, 5.74) is 14.4. The van der Waals surface area contributed by atoms with Gasteiger partial charge in [0.1, 0.15) is 0 Å². The number of para-hydroxylation sites is 2. The van der Waals surface area contributed by atoms with Gasteiger partial charge in [0.2, 0.25) is 0 Å². The fraction of sp³-hybridized carbons (Fsp3) is 0.191. The molecule has 0 radical (unpaired) electrons. The third-order valence-corrected chi connectivity index (χ3v) is 11.4. The van der Waals surface area contributed by atoms with Gasteiger partial charge in [-0.15, -0.1) is 0 Å². The fourth-order valence-electron chi connectivity index (χ4n) is 9.11. The van der Waals surface area contributed by atoms with Crippen LogP contribution in [0.15, 0.2) is 163 Å². The molecule has 0 spiro atoms. The summed E-state index contributed by atoms with van der Waals surface area (Å²) in [4.78, 5) is 2.53. The van der Waals surface area contributed by atoms with Gasteiger partial charge >= 0.3 is 0 Å². The first-order valence-electron chi connectivity index (χ1n) is 17.8. The number of aromatic nitrogens is 1. The molecule has 3 aliphatic rings. The minimum Gasteiger partial charge on any atom is -0.314 e. The third-order valence-electron chi connectivity index (χ3n) is 11.4. The van der Waals surface area contributed by atoms with E-state index in [1.54, 1.807) is 0 Å². The van der Waals surface area contributed by atoms with Crippen molar-refractivity contribution in [3.05, 3.63) is 174 Å². The Labute approximate surface area is 290 Å².